The molecule has 1 aromatic rings. The van der Waals surface area contributed by atoms with Gasteiger partial charge in [0.15, 0.2) is 0 Å². The Balaban J connectivity index is 1.46. The first-order chi connectivity index (χ1) is 11.3. The molecule has 2 atom stereocenters. The molecule has 3 heterocycles. The number of hydrogen-bond acceptors (Lipinski definition) is 5. The molecule has 1 aliphatic carbocycles. The van der Waals surface area contributed by atoms with Crippen molar-refractivity contribution in [2.75, 3.05) is 32.9 Å². The van der Waals surface area contributed by atoms with Crippen molar-refractivity contribution in [3.05, 3.63) is 16.6 Å². The highest BCUT2D eigenvalue weighted by Crippen LogP contribution is 2.41. The van der Waals surface area contributed by atoms with E-state index in [4.69, 9.17) is 9.47 Å². The molecule has 3 aliphatic rings. The summed E-state index contributed by atoms with van der Waals surface area (Å²) in [5, 5.41) is 1.84. The molecule has 0 spiro atoms. The first-order valence-electron chi connectivity index (χ1n) is 8.64. The maximum absolute atomic E-state index is 12.7. The second kappa shape index (κ2) is 6.49. The van der Waals surface area contributed by atoms with E-state index in [1.807, 2.05) is 10.3 Å². The van der Waals surface area contributed by atoms with E-state index >= 15 is 0 Å². The summed E-state index contributed by atoms with van der Waals surface area (Å²) in [6.07, 6.45) is 5.89. The van der Waals surface area contributed by atoms with Crippen molar-refractivity contribution in [3.8, 4) is 0 Å². The molecule has 0 unspecified atom stereocenters. The predicted octanol–water partition coefficient (Wildman–Crippen LogP) is 2.58. The smallest absolute Gasteiger partial charge is 0.273 e. The van der Waals surface area contributed by atoms with Gasteiger partial charge in [-0.05, 0) is 38.0 Å². The van der Waals surface area contributed by atoms with Crippen molar-refractivity contribution in [2.24, 2.45) is 11.3 Å². The highest BCUT2D eigenvalue weighted by atomic mass is 32.1. The fraction of sp³-hybridized carbons (Fsp3) is 0.765. The van der Waals surface area contributed by atoms with E-state index in [-0.39, 0.29) is 17.4 Å². The second-order valence-electron chi connectivity index (χ2n) is 7.17. The lowest BCUT2D eigenvalue weighted by molar-refractivity contribution is -0.147. The van der Waals surface area contributed by atoms with Gasteiger partial charge in [-0.1, -0.05) is 0 Å². The molecule has 1 amide bonds. The van der Waals surface area contributed by atoms with Gasteiger partial charge in [-0.2, -0.15) is 0 Å². The largest absolute Gasteiger partial charge is 0.380 e. The van der Waals surface area contributed by atoms with E-state index in [1.54, 1.807) is 5.51 Å². The number of piperidine rings is 1. The molecule has 5 nitrogen and oxygen atoms in total. The van der Waals surface area contributed by atoms with Gasteiger partial charge in [-0.3, -0.25) is 4.79 Å². The summed E-state index contributed by atoms with van der Waals surface area (Å²) in [4.78, 5) is 18.8. The van der Waals surface area contributed by atoms with Crippen molar-refractivity contribution < 1.29 is 14.3 Å². The third-order valence-corrected chi connectivity index (χ3v) is 5.95. The van der Waals surface area contributed by atoms with Crippen LogP contribution in [0.5, 0.6) is 0 Å². The summed E-state index contributed by atoms with van der Waals surface area (Å²) in [6.45, 7) is 3.92. The van der Waals surface area contributed by atoms with Crippen LogP contribution in [0.4, 0.5) is 0 Å². The highest BCUT2D eigenvalue weighted by molar-refractivity contribution is 7.07. The van der Waals surface area contributed by atoms with Crippen LogP contribution in [0.3, 0.4) is 0 Å². The molecule has 2 saturated heterocycles. The number of rotatable bonds is 5. The maximum Gasteiger partial charge on any atom is 0.273 e. The van der Waals surface area contributed by atoms with E-state index in [0.717, 1.165) is 58.1 Å². The second-order valence-corrected chi connectivity index (χ2v) is 7.89. The number of fused-ring (bicyclic) bond motifs is 1. The Hall–Kier alpha value is -0.980. The first kappa shape index (κ1) is 15.5. The zero-order chi connectivity index (χ0) is 15.7. The Labute approximate surface area is 141 Å². The average Bonchev–Trinajstić information content (AvgIpc) is 3.24. The third kappa shape index (κ3) is 3.30. The normalized spacial score (nSPS) is 31.0. The molecule has 0 aromatic carbocycles. The van der Waals surface area contributed by atoms with Crippen molar-refractivity contribution in [1.29, 1.82) is 0 Å². The van der Waals surface area contributed by atoms with Crippen LogP contribution < -0.4 is 0 Å². The molecule has 4 rings (SSSR count). The molecule has 6 heteroatoms. The van der Waals surface area contributed by atoms with Gasteiger partial charge in [0, 0.05) is 37.1 Å². The van der Waals surface area contributed by atoms with Gasteiger partial charge in [-0.15, -0.1) is 11.3 Å². The summed E-state index contributed by atoms with van der Waals surface area (Å²) >= 11 is 1.47. The predicted molar refractivity (Wildman–Crippen MR) is 87.6 cm³/mol. The monoisotopic (exact) mass is 336 g/mol. The Morgan fingerprint density at radius 1 is 1.48 bits per heavy atom. The number of likely N-dealkylation sites (tertiary alicyclic amines) is 1. The Morgan fingerprint density at radius 2 is 2.39 bits per heavy atom. The van der Waals surface area contributed by atoms with Crippen molar-refractivity contribution in [2.45, 2.75) is 38.2 Å². The Morgan fingerprint density at radius 3 is 3.17 bits per heavy atom. The van der Waals surface area contributed by atoms with Gasteiger partial charge >= 0.3 is 0 Å². The van der Waals surface area contributed by atoms with Gasteiger partial charge < -0.3 is 14.4 Å². The molecular weight excluding hydrogens is 312 g/mol. The zero-order valence-corrected chi connectivity index (χ0v) is 14.2. The number of aromatic nitrogens is 1. The number of hydrogen-bond donors (Lipinski definition) is 0. The summed E-state index contributed by atoms with van der Waals surface area (Å²) in [7, 11) is 0. The molecule has 126 valence electrons. The molecule has 0 bridgehead atoms. The summed E-state index contributed by atoms with van der Waals surface area (Å²) < 4.78 is 12.1. The minimum atomic E-state index is -0.0307. The van der Waals surface area contributed by atoms with Crippen LogP contribution in [0.1, 0.15) is 42.6 Å². The number of thiazole rings is 1. The minimum Gasteiger partial charge on any atom is -0.380 e. The van der Waals surface area contributed by atoms with E-state index in [1.165, 1.54) is 24.2 Å². The molecule has 0 N–H and O–H groups in total. The van der Waals surface area contributed by atoms with E-state index in [0.29, 0.717) is 5.69 Å². The van der Waals surface area contributed by atoms with Crippen LogP contribution in [0.25, 0.3) is 0 Å². The fourth-order valence-corrected chi connectivity index (χ4v) is 4.39. The number of ether oxygens (including phenoxy) is 2. The maximum atomic E-state index is 12.7. The molecule has 1 saturated carbocycles. The summed E-state index contributed by atoms with van der Waals surface area (Å²) in [5.74, 6) is 0.822. The molecule has 1 aromatic heterocycles. The van der Waals surface area contributed by atoms with Crippen molar-refractivity contribution in [1.82, 2.24) is 9.88 Å². The third-order valence-electron chi connectivity index (χ3n) is 5.37. The average molecular weight is 336 g/mol. The zero-order valence-electron chi connectivity index (χ0n) is 13.4. The lowest BCUT2D eigenvalue weighted by Gasteiger charge is -2.50. The first-order valence-corrected chi connectivity index (χ1v) is 9.58. The fourth-order valence-electron chi connectivity index (χ4n) is 3.87. The molecular formula is C17H24N2O3S. The van der Waals surface area contributed by atoms with Crippen LogP contribution in [0.2, 0.25) is 0 Å². The molecule has 2 aliphatic heterocycles. The number of carbonyl (C=O) groups excluding carboxylic acids is 1. The summed E-state index contributed by atoms with van der Waals surface area (Å²) in [6, 6.07) is 0. The quantitative estimate of drug-likeness (QED) is 0.829. The summed E-state index contributed by atoms with van der Waals surface area (Å²) in [5.41, 5.74) is 2.26. The van der Waals surface area contributed by atoms with Gasteiger partial charge in [0.2, 0.25) is 0 Å². The van der Waals surface area contributed by atoms with Crippen molar-refractivity contribution >= 4 is 17.2 Å². The van der Waals surface area contributed by atoms with Crippen LogP contribution in [0, 0.1) is 11.3 Å². The lowest BCUT2D eigenvalue weighted by atomic mass is 9.73. The van der Waals surface area contributed by atoms with Crippen LogP contribution in [0.15, 0.2) is 10.9 Å². The van der Waals surface area contributed by atoms with Gasteiger partial charge in [0.25, 0.3) is 5.91 Å². The van der Waals surface area contributed by atoms with Crippen molar-refractivity contribution in [3.63, 3.8) is 0 Å². The van der Waals surface area contributed by atoms with E-state index in [9.17, 15) is 4.79 Å². The van der Waals surface area contributed by atoms with Crippen LogP contribution >= 0.6 is 11.3 Å². The SMILES string of the molecule is O=C(c1cscn1)N1CC[C@H]2OCCC[C@]2(COCC2CC2)C1. The van der Waals surface area contributed by atoms with E-state index in [2.05, 4.69) is 4.98 Å². The standard InChI is InChI=1S/C17H24N2O3S/c20-16(14-9-23-12-18-14)19-6-4-15-17(10-19,5-1-7-22-15)11-21-8-13-2-3-13/h9,12-13,15H,1-8,10-11H2/t15-,17-/m1/s1. The van der Waals surface area contributed by atoms with E-state index < -0.39 is 0 Å². The molecule has 0 radical (unpaired) electrons. The number of nitrogens with zero attached hydrogens (tertiary/aromatic N) is 2. The van der Waals surface area contributed by atoms with Gasteiger partial charge in [0.1, 0.15) is 5.69 Å². The number of amides is 1. The molecule has 23 heavy (non-hydrogen) atoms. The minimum absolute atomic E-state index is 0.0307. The Bertz CT molecular complexity index is 546. The van der Waals surface area contributed by atoms with Gasteiger partial charge in [0.05, 0.1) is 18.2 Å². The van der Waals surface area contributed by atoms with Crippen LogP contribution in [-0.2, 0) is 9.47 Å². The van der Waals surface area contributed by atoms with Crippen LogP contribution in [-0.4, -0.2) is 54.8 Å². The Kier molecular flexibility index (Phi) is 4.39. The lowest BCUT2D eigenvalue weighted by Crippen LogP contribution is -2.58. The topological polar surface area (TPSA) is 51.7 Å². The highest BCUT2D eigenvalue weighted by Gasteiger charge is 2.47. The molecule has 3 fully saturated rings. The van der Waals surface area contributed by atoms with Gasteiger partial charge in [-0.25, -0.2) is 4.98 Å². The number of carbonyl (C=O) groups is 1.